The highest BCUT2D eigenvalue weighted by atomic mass is 32.2. The second-order valence-corrected chi connectivity index (χ2v) is 6.42. The summed E-state index contributed by atoms with van der Waals surface area (Å²) in [6.45, 7) is 7.36. The molecule has 0 fully saturated rings. The molecule has 0 bridgehead atoms. The molecular weight excluding hydrogens is 290 g/mol. The fraction of sp³-hybridized carbons (Fsp3) is 0.571. The summed E-state index contributed by atoms with van der Waals surface area (Å²) in [5.41, 5.74) is 6.04. The van der Waals surface area contributed by atoms with E-state index in [1.165, 1.54) is 13.2 Å². The van der Waals surface area contributed by atoms with Gasteiger partial charge in [-0.3, -0.25) is 0 Å². The summed E-state index contributed by atoms with van der Waals surface area (Å²) in [5.74, 6) is 0.292. The SMILES string of the molecule is CCN(CC)CCCNS(=O)(=O)c1cc(N)ccc1OC. The summed E-state index contributed by atoms with van der Waals surface area (Å²) < 4.78 is 32.2. The molecule has 0 aliphatic carbocycles. The van der Waals surface area contributed by atoms with Gasteiger partial charge in [-0.2, -0.15) is 0 Å². The van der Waals surface area contributed by atoms with E-state index in [1.807, 2.05) is 0 Å². The van der Waals surface area contributed by atoms with Crippen LogP contribution in [0.15, 0.2) is 23.1 Å². The molecule has 0 saturated carbocycles. The summed E-state index contributed by atoms with van der Waals surface area (Å²) in [7, 11) is -2.18. The molecule has 3 N–H and O–H groups in total. The molecular formula is C14H25N3O3S. The first-order chi connectivity index (χ1) is 9.94. The number of hydrogen-bond acceptors (Lipinski definition) is 5. The van der Waals surface area contributed by atoms with Crippen molar-refractivity contribution in [3.63, 3.8) is 0 Å². The first-order valence-corrected chi connectivity index (χ1v) is 8.58. The summed E-state index contributed by atoms with van der Waals surface area (Å²) in [4.78, 5) is 2.32. The van der Waals surface area contributed by atoms with Crippen molar-refractivity contribution in [1.82, 2.24) is 9.62 Å². The maximum absolute atomic E-state index is 12.3. The third-order valence-electron chi connectivity index (χ3n) is 3.31. The van der Waals surface area contributed by atoms with E-state index in [4.69, 9.17) is 10.5 Å². The molecule has 0 heterocycles. The van der Waals surface area contributed by atoms with Crippen molar-refractivity contribution >= 4 is 15.7 Å². The van der Waals surface area contributed by atoms with Crippen LogP contribution in [0.1, 0.15) is 20.3 Å². The number of benzene rings is 1. The van der Waals surface area contributed by atoms with Gasteiger partial charge < -0.3 is 15.4 Å². The lowest BCUT2D eigenvalue weighted by atomic mass is 10.3. The number of ether oxygens (including phenoxy) is 1. The average Bonchev–Trinajstić information content (AvgIpc) is 2.47. The van der Waals surface area contributed by atoms with Crippen molar-refractivity contribution in [2.75, 3.05) is 39.0 Å². The second-order valence-electron chi connectivity index (χ2n) is 4.69. The van der Waals surface area contributed by atoms with Gasteiger partial charge in [-0.05, 0) is 44.3 Å². The molecule has 0 saturated heterocycles. The van der Waals surface area contributed by atoms with Gasteiger partial charge in [-0.15, -0.1) is 0 Å². The fourth-order valence-electron chi connectivity index (χ4n) is 2.03. The summed E-state index contributed by atoms with van der Waals surface area (Å²) in [5, 5.41) is 0. The number of nitrogen functional groups attached to an aromatic ring is 1. The average molecular weight is 315 g/mol. The molecule has 0 aliphatic rings. The molecule has 0 unspecified atom stereocenters. The lowest BCUT2D eigenvalue weighted by molar-refractivity contribution is 0.300. The van der Waals surface area contributed by atoms with Crippen molar-refractivity contribution < 1.29 is 13.2 Å². The largest absolute Gasteiger partial charge is 0.495 e. The van der Waals surface area contributed by atoms with Crippen LogP contribution in [-0.2, 0) is 10.0 Å². The zero-order chi connectivity index (χ0) is 15.9. The maximum atomic E-state index is 12.3. The van der Waals surface area contributed by atoms with Crippen molar-refractivity contribution in [3.05, 3.63) is 18.2 Å². The molecule has 0 spiro atoms. The highest BCUT2D eigenvalue weighted by Crippen LogP contribution is 2.25. The minimum Gasteiger partial charge on any atom is -0.495 e. The molecule has 0 amide bonds. The van der Waals surface area contributed by atoms with Gasteiger partial charge in [0, 0.05) is 12.2 Å². The third kappa shape index (κ3) is 5.18. The monoisotopic (exact) mass is 315 g/mol. The van der Waals surface area contributed by atoms with Crippen molar-refractivity contribution in [2.24, 2.45) is 0 Å². The van der Waals surface area contributed by atoms with E-state index in [9.17, 15) is 8.42 Å². The maximum Gasteiger partial charge on any atom is 0.244 e. The second kappa shape index (κ2) is 8.21. The molecule has 1 aromatic rings. The number of nitrogens with zero attached hydrogens (tertiary/aromatic N) is 1. The van der Waals surface area contributed by atoms with E-state index in [2.05, 4.69) is 23.5 Å². The van der Waals surface area contributed by atoms with E-state index < -0.39 is 10.0 Å². The Morgan fingerprint density at radius 3 is 2.52 bits per heavy atom. The van der Waals surface area contributed by atoms with E-state index >= 15 is 0 Å². The third-order valence-corrected chi connectivity index (χ3v) is 4.80. The Balaban J connectivity index is 2.68. The predicted molar refractivity (Wildman–Crippen MR) is 85.0 cm³/mol. The topological polar surface area (TPSA) is 84.7 Å². The Bertz CT molecular complexity index is 542. The molecule has 120 valence electrons. The van der Waals surface area contributed by atoms with Gasteiger partial charge in [-0.1, -0.05) is 13.8 Å². The van der Waals surface area contributed by atoms with Crippen LogP contribution in [0.2, 0.25) is 0 Å². The number of nitrogens with two attached hydrogens (primary N) is 1. The zero-order valence-electron chi connectivity index (χ0n) is 12.9. The molecule has 0 aliphatic heterocycles. The Labute approximate surface area is 127 Å². The van der Waals surface area contributed by atoms with Gasteiger partial charge >= 0.3 is 0 Å². The van der Waals surface area contributed by atoms with Crippen molar-refractivity contribution in [1.29, 1.82) is 0 Å². The fourth-order valence-corrected chi connectivity index (χ4v) is 3.31. The van der Waals surface area contributed by atoms with Crippen LogP contribution >= 0.6 is 0 Å². The molecule has 0 aromatic heterocycles. The minimum absolute atomic E-state index is 0.0767. The predicted octanol–water partition coefficient (Wildman–Crippen LogP) is 1.29. The van der Waals surface area contributed by atoms with Crippen LogP contribution < -0.4 is 15.2 Å². The molecule has 21 heavy (non-hydrogen) atoms. The van der Waals surface area contributed by atoms with Crippen molar-refractivity contribution in [3.8, 4) is 5.75 Å². The van der Waals surface area contributed by atoms with Gasteiger partial charge in [0.2, 0.25) is 10.0 Å². The van der Waals surface area contributed by atoms with Crippen LogP contribution in [0.25, 0.3) is 0 Å². The minimum atomic E-state index is -3.61. The van der Waals surface area contributed by atoms with Gasteiger partial charge in [0.25, 0.3) is 0 Å². The van der Waals surface area contributed by atoms with E-state index in [-0.39, 0.29) is 4.90 Å². The van der Waals surface area contributed by atoms with Crippen LogP contribution in [0, 0.1) is 0 Å². The Morgan fingerprint density at radius 2 is 1.95 bits per heavy atom. The lowest BCUT2D eigenvalue weighted by Gasteiger charge is -2.18. The molecule has 1 aromatic carbocycles. The molecule has 0 radical (unpaired) electrons. The van der Waals surface area contributed by atoms with Gasteiger partial charge in [0.05, 0.1) is 7.11 Å². The van der Waals surface area contributed by atoms with Crippen LogP contribution in [0.4, 0.5) is 5.69 Å². The van der Waals surface area contributed by atoms with Crippen LogP contribution in [0.5, 0.6) is 5.75 Å². The van der Waals surface area contributed by atoms with Gasteiger partial charge in [-0.25, -0.2) is 13.1 Å². The number of nitrogens with one attached hydrogen (secondary N) is 1. The Kier molecular flexibility index (Phi) is 6.94. The zero-order valence-corrected chi connectivity index (χ0v) is 13.7. The Hall–Kier alpha value is -1.31. The van der Waals surface area contributed by atoms with Crippen molar-refractivity contribution in [2.45, 2.75) is 25.2 Å². The number of hydrogen-bond donors (Lipinski definition) is 2. The smallest absolute Gasteiger partial charge is 0.244 e. The van der Waals surface area contributed by atoms with E-state index in [1.54, 1.807) is 12.1 Å². The van der Waals surface area contributed by atoms with Crippen LogP contribution in [-0.4, -0.2) is 46.6 Å². The highest BCUT2D eigenvalue weighted by Gasteiger charge is 2.19. The molecule has 1 rings (SSSR count). The standard InChI is InChI=1S/C14H25N3O3S/c1-4-17(5-2)10-6-9-16-21(18,19)14-11-12(15)7-8-13(14)20-3/h7-8,11,16H,4-6,9-10,15H2,1-3H3. The first-order valence-electron chi connectivity index (χ1n) is 7.10. The lowest BCUT2D eigenvalue weighted by Crippen LogP contribution is -2.30. The Morgan fingerprint density at radius 1 is 1.29 bits per heavy atom. The first kappa shape index (κ1) is 17.7. The summed E-state index contributed by atoms with van der Waals surface area (Å²) >= 11 is 0. The molecule has 7 heteroatoms. The normalized spacial score (nSPS) is 11.8. The number of sulfonamides is 1. The van der Waals surface area contributed by atoms with Gasteiger partial charge in [0.15, 0.2) is 0 Å². The number of rotatable bonds is 9. The van der Waals surface area contributed by atoms with Gasteiger partial charge in [0.1, 0.15) is 10.6 Å². The molecule has 6 nitrogen and oxygen atoms in total. The quantitative estimate of drug-likeness (QED) is 0.530. The highest BCUT2D eigenvalue weighted by molar-refractivity contribution is 7.89. The van der Waals surface area contributed by atoms with E-state index in [0.717, 1.165) is 26.1 Å². The number of anilines is 1. The van der Waals surface area contributed by atoms with Crippen LogP contribution in [0.3, 0.4) is 0 Å². The molecule has 0 atom stereocenters. The van der Waals surface area contributed by atoms with E-state index in [0.29, 0.717) is 18.0 Å². The summed E-state index contributed by atoms with van der Waals surface area (Å²) in [6.07, 6.45) is 0.755. The number of methoxy groups -OCH3 is 1. The summed E-state index contributed by atoms with van der Waals surface area (Å²) in [6, 6.07) is 4.57.